The number of para-hydroxylation sites is 1. The number of aliphatic hydroxyl groups is 1. The van der Waals surface area contributed by atoms with Crippen LogP contribution in [0, 0.1) is 11.8 Å². The fourth-order valence-corrected chi connectivity index (χ4v) is 8.96. The summed E-state index contributed by atoms with van der Waals surface area (Å²) in [4.78, 5) is 45.9. The normalized spacial score (nSPS) is 19.9. The van der Waals surface area contributed by atoms with Crippen LogP contribution in [0.25, 0.3) is 0 Å². The number of aliphatic hydroxyl groups excluding tert-OH is 1. The number of hydrogen-bond acceptors (Lipinski definition) is 7. The van der Waals surface area contributed by atoms with E-state index in [0.717, 1.165) is 33.7 Å². The third kappa shape index (κ3) is 7.69. The van der Waals surface area contributed by atoms with E-state index >= 15 is 4.79 Å². The Bertz CT molecular complexity index is 2230. The Hall–Kier alpha value is -5.97. The summed E-state index contributed by atoms with van der Waals surface area (Å²) in [6, 6.07) is 39.8. The highest BCUT2D eigenvalue weighted by Crippen LogP contribution is 2.60. The van der Waals surface area contributed by atoms with Crippen LogP contribution < -0.4 is 19.7 Å². The summed E-state index contributed by atoms with van der Waals surface area (Å²) in [5, 5.41) is 13.0. The van der Waals surface area contributed by atoms with Crippen LogP contribution in [-0.2, 0) is 38.4 Å². The topological polar surface area (TPSA) is 118 Å². The minimum absolute atomic E-state index is 0.0301. The van der Waals surface area contributed by atoms with Gasteiger partial charge in [-0.05, 0) is 76.7 Å². The number of carbonyl (C=O) groups is 3. The van der Waals surface area contributed by atoms with Gasteiger partial charge in [-0.2, -0.15) is 0 Å². The van der Waals surface area contributed by atoms with E-state index in [1.54, 1.807) is 48.3 Å². The Kier molecular flexibility index (Phi) is 11.7. The van der Waals surface area contributed by atoms with Crippen LogP contribution in [0.15, 0.2) is 127 Å². The zero-order chi connectivity index (χ0) is 41.0. The number of fused-ring (bicyclic) bond motifs is 2. The van der Waals surface area contributed by atoms with E-state index in [1.165, 1.54) is 0 Å². The number of amides is 3. The number of methoxy groups -OCH3 is 2. The van der Waals surface area contributed by atoms with Gasteiger partial charge < -0.3 is 34.4 Å². The molecule has 10 nitrogen and oxygen atoms in total. The largest absolute Gasteiger partial charge is 0.497 e. The summed E-state index contributed by atoms with van der Waals surface area (Å²) in [6.45, 7) is 7.01. The summed E-state index contributed by atoms with van der Waals surface area (Å²) < 4.78 is 17.9. The van der Waals surface area contributed by atoms with E-state index < -0.39 is 17.1 Å². The summed E-state index contributed by atoms with van der Waals surface area (Å²) in [5.74, 6) is 0.204. The van der Waals surface area contributed by atoms with E-state index in [0.29, 0.717) is 23.5 Å². The molecule has 300 valence electrons. The van der Waals surface area contributed by atoms with Crippen LogP contribution >= 0.6 is 0 Å². The van der Waals surface area contributed by atoms with Crippen molar-refractivity contribution in [1.82, 2.24) is 4.90 Å². The number of benzene rings is 5. The maximum atomic E-state index is 15.2. The summed E-state index contributed by atoms with van der Waals surface area (Å²) in [6.07, 6.45) is -0.607. The molecule has 0 saturated carbocycles. The smallest absolute Gasteiger partial charge is 0.264 e. The minimum Gasteiger partial charge on any atom is -0.497 e. The average molecular weight is 782 g/mol. The Labute approximate surface area is 340 Å². The lowest BCUT2D eigenvalue weighted by Crippen LogP contribution is -2.45. The van der Waals surface area contributed by atoms with Gasteiger partial charge in [0.15, 0.2) is 5.60 Å². The molecule has 58 heavy (non-hydrogen) atoms. The third-order valence-corrected chi connectivity index (χ3v) is 12.0. The van der Waals surface area contributed by atoms with Crippen molar-refractivity contribution < 1.29 is 33.7 Å². The number of carbonyl (C=O) groups excluding carboxylic acids is 3. The molecular weight excluding hydrogens is 731 g/mol. The molecule has 0 radical (unpaired) electrons. The highest BCUT2D eigenvalue weighted by Gasteiger charge is 2.66. The fraction of sp³-hybridized carbons (Fsp3) is 0.312. The zero-order valence-electron chi connectivity index (χ0n) is 33.7. The van der Waals surface area contributed by atoms with Gasteiger partial charge in [-0.1, -0.05) is 93.6 Å². The van der Waals surface area contributed by atoms with Gasteiger partial charge in [-0.3, -0.25) is 14.4 Å². The van der Waals surface area contributed by atoms with E-state index in [2.05, 4.69) is 26.1 Å². The van der Waals surface area contributed by atoms with Gasteiger partial charge in [0.25, 0.3) is 11.8 Å². The second-order valence-corrected chi connectivity index (χ2v) is 15.7. The van der Waals surface area contributed by atoms with Crippen LogP contribution in [0.4, 0.5) is 11.4 Å². The Balaban J connectivity index is 1.19. The fourth-order valence-electron chi connectivity index (χ4n) is 8.96. The molecule has 2 N–H and O–H groups in total. The molecule has 1 spiro atoms. The highest BCUT2D eigenvalue weighted by atomic mass is 16.5. The van der Waals surface area contributed by atoms with Crippen molar-refractivity contribution in [2.24, 2.45) is 11.8 Å². The molecule has 4 atom stereocenters. The van der Waals surface area contributed by atoms with Crippen molar-refractivity contribution in [3.05, 3.63) is 155 Å². The minimum atomic E-state index is -1.36. The molecule has 10 heteroatoms. The Morgan fingerprint density at radius 2 is 1.45 bits per heavy atom. The van der Waals surface area contributed by atoms with E-state index in [1.807, 2.05) is 103 Å². The molecule has 0 aliphatic carbocycles. The first-order chi connectivity index (χ1) is 28.0. The van der Waals surface area contributed by atoms with Crippen LogP contribution in [0.2, 0.25) is 0 Å². The Morgan fingerprint density at radius 1 is 0.828 bits per heavy atom. The predicted octanol–water partition coefficient (Wildman–Crippen LogP) is 7.74. The summed E-state index contributed by atoms with van der Waals surface area (Å²) in [5.41, 5.74) is 3.63. The molecule has 7 rings (SSSR count). The highest BCUT2D eigenvalue weighted by molar-refractivity contribution is 6.07. The standard InChI is InChI=1S/C48H51N3O7/c1-32-44(47(2,3)36-19-25-39(57-5)26-20-36)42(29-43(53)50(27-28-52)30-33-11-7-6-8-12-33)58-48(32)40-13-9-10-14-41(40)51(46(48)55)31-34-15-21-37(22-16-34)49-45(54)35-17-23-38(56-4)24-18-35/h6-26,32,42,44,52H,27-31H2,1-5H3,(H,49,54)/t32-,42+,44-,48+/m1/s1. The number of rotatable bonds is 14. The van der Waals surface area contributed by atoms with Crippen molar-refractivity contribution in [2.75, 3.05) is 37.6 Å². The molecule has 0 unspecified atom stereocenters. The molecule has 0 bridgehead atoms. The van der Waals surface area contributed by atoms with Crippen LogP contribution in [0.5, 0.6) is 11.5 Å². The number of nitrogens with one attached hydrogen (secondary N) is 1. The van der Waals surface area contributed by atoms with Crippen molar-refractivity contribution >= 4 is 29.1 Å². The lowest BCUT2D eigenvalue weighted by Gasteiger charge is -2.39. The van der Waals surface area contributed by atoms with Gasteiger partial charge in [-0.25, -0.2) is 0 Å². The first-order valence-electron chi connectivity index (χ1n) is 19.7. The molecule has 1 saturated heterocycles. The van der Waals surface area contributed by atoms with E-state index in [9.17, 15) is 14.7 Å². The molecule has 0 aromatic heterocycles. The van der Waals surface area contributed by atoms with Gasteiger partial charge in [0.1, 0.15) is 11.5 Å². The van der Waals surface area contributed by atoms with Crippen molar-refractivity contribution in [3.63, 3.8) is 0 Å². The van der Waals surface area contributed by atoms with E-state index in [-0.39, 0.29) is 55.7 Å². The number of hydrogen-bond donors (Lipinski definition) is 2. The van der Waals surface area contributed by atoms with Crippen molar-refractivity contribution in [1.29, 1.82) is 0 Å². The number of ether oxygens (including phenoxy) is 3. The van der Waals surface area contributed by atoms with Crippen molar-refractivity contribution in [3.8, 4) is 11.5 Å². The SMILES string of the molecule is COc1ccc(C(=O)Nc2ccc(CN3C(=O)[C@@]4(O[C@@H](CC(=O)N(CCO)Cc5ccccc5)[C@H](C(C)(C)c5ccc(OC)cc5)[C@H]4C)c4ccccc43)cc2)cc1. The molecule has 5 aromatic carbocycles. The molecule has 2 heterocycles. The molecule has 1 fully saturated rings. The van der Waals surface area contributed by atoms with Gasteiger partial charge >= 0.3 is 0 Å². The van der Waals surface area contributed by atoms with Gasteiger partial charge in [-0.15, -0.1) is 0 Å². The third-order valence-electron chi connectivity index (χ3n) is 12.0. The lowest BCUT2D eigenvalue weighted by molar-refractivity contribution is -0.150. The van der Waals surface area contributed by atoms with E-state index in [4.69, 9.17) is 14.2 Å². The second kappa shape index (κ2) is 16.9. The maximum absolute atomic E-state index is 15.2. The zero-order valence-corrected chi connectivity index (χ0v) is 33.7. The molecule has 2 aliphatic heterocycles. The van der Waals surface area contributed by atoms with Gasteiger partial charge in [0, 0.05) is 41.7 Å². The van der Waals surface area contributed by atoms with Crippen LogP contribution in [0.3, 0.4) is 0 Å². The number of nitrogens with zero attached hydrogens (tertiary/aromatic N) is 2. The second-order valence-electron chi connectivity index (χ2n) is 15.7. The van der Waals surface area contributed by atoms with Crippen molar-refractivity contribution in [2.45, 2.75) is 57.4 Å². The lowest BCUT2D eigenvalue weighted by atomic mass is 9.63. The van der Waals surface area contributed by atoms with Crippen LogP contribution in [0.1, 0.15) is 59.8 Å². The summed E-state index contributed by atoms with van der Waals surface area (Å²) in [7, 11) is 3.22. The monoisotopic (exact) mass is 781 g/mol. The average Bonchev–Trinajstić information content (AvgIpc) is 3.67. The molecule has 3 amide bonds. The maximum Gasteiger partial charge on any atom is 0.264 e. The quantitative estimate of drug-likeness (QED) is 0.118. The summed E-state index contributed by atoms with van der Waals surface area (Å²) >= 11 is 0. The van der Waals surface area contributed by atoms with Gasteiger partial charge in [0.2, 0.25) is 5.91 Å². The predicted molar refractivity (Wildman–Crippen MR) is 224 cm³/mol. The Morgan fingerprint density at radius 3 is 2.09 bits per heavy atom. The van der Waals surface area contributed by atoms with Gasteiger partial charge in [0.05, 0.1) is 45.6 Å². The van der Waals surface area contributed by atoms with Crippen LogP contribution in [-0.4, -0.2) is 61.2 Å². The number of anilines is 2. The molecule has 5 aromatic rings. The molecule has 2 aliphatic rings. The first-order valence-corrected chi connectivity index (χ1v) is 19.7. The molecular formula is C48H51N3O7. The first kappa shape index (κ1) is 40.2.